The standard InChI is InChI=1S/C17H14F5N5O2/c1-26-8-11(13(25-26)15(18)19)16(28)24-12-7-23-27(14(12)17(20,21)22)9-3-5-10(29-2)6-4-9/h3-8,15H,1-2H3,(H,24,28). The summed E-state index contributed by atoms with van der Waals surface area (Å²) in [6.07, 6.45) is -6.16. The van der Waals surface area contributed by atoms with E-state index in [2.05, 4.69) is 10.2 Å². The first kappa shape index (κ1) is 20.3. The number of amides is 1. The van der Waals surface area contributed by atoms with E-state index in [0.29, 0.717) is 10.4 Å². The van der Waals surface area contributed by atoms with Gasteiger partial charge in [-0.15, -0.1) is 0 Å². The van der Waals surface area contributed by atoms with Gasteiger partial charge in [0.1, 0.15) is 11.4 Å². The molecule has 1 aromatic carbocycles. The number of ether oxygens (including phenoxy) is 1. The summed E-state index contributed by atoms with van der Waals surface area (Å²) in [5.74, 6) is -0.729. The van der Waals surface area contributed by atoms with E-state index in [0.717, 1.165) is 17.1 Å². The van der Waals surface area contributed by atoms with E-state index in [1.807, 2.05) is 5.32 Å². The zero-order chi connectivity index (χ0) is 21.3. The molecule has 0 radical (unpaired) electrons. The molecule has 12 heteroatoms. The lowest BCUT2D eigenvalue weighted by Gasteiger charge is -2.13. The minimum Gasteiger partial charge on any atom is -0.497 e. The van der Waals surface area contributed by atoms with Gasteiger partial charge in [0.15, 0.2) is 5.69 Å². The van der Waals surface area contributed by atoms with Gasteiger partial charge in [0, 0.05) is 13.2 Å². The van der Waals surface area contributed by atoms with Crippen molar-refractivity contribution in [3.8, 4) is 11.4 Å². The van der Waals surface area contributed by atoms with Gasteiger partial charge in [-0.25, -0.2) is 13.5 Å². The van der Waals surface area contributed by atoms with E-state index in [-0.39, 0.29) is 5.69 Å². The fraction of sp³-hybridized carbons (Fsp3) is 0.235. The number of benzene rings is 1. The molecule has 0 spiro atoms. The van der Waals surface area contributed by atoms with Crippen LogP contribution in [0.2, 0.25) is 0 Å². The van der Waals surface area contributed by atoms with Gasteiger partial charge in [0.05, 0.1) is 30.2 Å². The molecule has 2 aromatic heterocycles. The lowest BCUT2D eigenvalue weighted by atomic mass is 10.2. The Morgan fingerprint density at radius 1 is 1.21 bits per heavy atom. The number of anilines is 1. The number of halogens is 5. The Labute approximate surface area is 160 Å². The summed E-state index contributed by atoms with van der Waals surface area (Å²) in [5, 5.41) is 9.16. The molecule has 0 aliphatic heterocycles. The third kappa shape index (κ3) is 4.05. The van der Waals surface area contributed by atoms with E-state index in [1.54, 1.807) is 0 Å². The average Bonchev–Trinajstić information content (AvgIpc) is 3.25. The first-order valence-corrected chi connectivity index (χ1v) is 8.04. The summed E-state index contributed by atoms with van der Waals surface area (Å²) in [6, 6.07) is 5.59. The molecule has 0 bridgehead atoms. The van der Waals surface area contributed by atoms with Crippen LogP contribution in [0.5, 0.6) is 5.75 Å². The Morgan fingerprint density at radius 2 is 1.86 bits per heavy atom. The van der Waals surface area contributed by atoms with Crippen LogP contribution in [0, 0.1) is 0 Å². The van der Waals surface area contributed by atoms with Crippen molar-refractivity contribution in [1.82, 2.24) is 19.6 Å². The van der Waals surface area contributed by atoms with E-state index in [1.165, 1.54) is 38.4 Å². The monoisotopic (exact) mass is 415 g/mol. The van der Waals surface area contributed by atoms with Crippen LogP contribution in [0.4, 0.5) is 27.6 Å². The molecule has 154 valence electrons. The number of methoxy groups -OCH3 is 1. The summed E-state index contributed by atoms with van der Waals surface area (Å²) in [6.45, 7) is 0. The second kappa shape index (κ2) is 7.53. The summed E-state index contributed by atoms with van der Waals surface area (Å²) in [7, 11) is 2.72. The Kier molecular flexibility index (Phi) is 5.27. The molecule has 2 heterocycles. The van der Waals surface area contributed by atoms with Crippen molar-refractivity contribution in [1.29, 1.82) is 0 Å². The molecular formula is C17H14F5N5O2. The van der Waals surface area contributed by atoms with Crippen molar-refractivity contribution in [2.45, 2.75) is 12.6 Å². The molecule has 7 nitrogen and oxygen atoms in total. The van der Waals surface area contributed by atoms with Crippen molar-refractivity contribution >= 4 is 11.6 Å². The third-order valence-corrected chi connectivity index (χ3v) is 3.91. The van der Waals surface area contributed by atoms with Crippen LogP contribution in [0.1, 0.15) is 28.2 Å². The third-order valence-electron chi connectivity index (χ3n) is 3.91. The Morgan fingerprint density at radius 3 is 2.41 bits per heavy atom. The molecule has 3 aromatic rings. The van der Waals surface area contributed by atoms with E-state index in [4.69, 9.17) is 4.74 Å². The van der Waals surface area contributed by atoms with Crippen LogP contribution in [-0.2, 0) is 13.2 Å². The number of aromatic nitrogens is 4. The van der Waals surface area contributed by atoms with Gasteiger partial charge < -0.3 is 10.1 Å². The van der Waals surface area contributed by atoms with Gasteiger partial charge in [0.25, 0.3) is 12.3 Å². The largest absolute Gasteiger partial charge is 0.497 e. The minimum atomic E-state index is -4.89. The quantitative estimate of drug-likeness (QED) is 0.643. The number of alkyl halides is 5. The molecule has 3 rings (SSSR count). The predicted octanol–water partition coefficient (Wildman–Crippen LogP) is 3.82. The number of hydrogen-bond acceptors (Lipinski definition) is 4. The van der Waals surface area contributed by atoms with Gasteiger partial charge in [0.2, 0.25) is 0 Å². The smallest absolute Gasteiger partial charge is 0.435 e. The Hall–Kier alpha value is -3.44. The first-order valence-electron chi connectivity index (χ1n) is 8.04. The molecular weight excluding hydrogens is 401 g/mol. The highest BCUT2D eigenvalue weighted by Crippen LogP contribution is 2.37. The van der Waals surface area contributed by atoms with Gasteiger partial charge in [-0.2, -0.15) is 23.4 Å². The van der Waals surface area contributed by atoms with Crippen LogP contribution in [0.15, 0.2) is 36.7 Å². The fourth-order valence-electron chi connectivity index (χ4n) is 2.66. The predicted molar refractivity (Wildman–Crippen MR) is 91.2 cm³/mol. The van der Waals surface area contributed by atoms with Crippen LogP contribution in [0.25, 0.3) is 5.69 Å². The second-order valence-electron chi connectivity index (χ2n) is 5.87. The highest BCUT2D eigenvalue weighted by atomic mass is 19.4. The van der Waals surface area contributed by atoms with Gasteiger partial charge >= 0.3 is 6.18 Å². The molecule has 0 atom stereocenters. The molecule has 0 aliphatic carbocycles. The topological polar surface area (TPSA) is 74.0 Å². The lowest BCUT2D eigenvalue weighted by molar-refractivity contribution is -0.142. The van der Waals surface area contributed by atoms with Crippen molar-refractivity contribution in [3.05, 3.63) is 53.6 Å². The molecule has 0 aliphatic rings. The summed E-state index contributed by atoms with van der Waals surface area (Å²) < 4.78 is 73.6. The maximum atomic E-state index is 13.7. The molecule has 0 unspecified atom stereocenters. The van der Waals surface area contributed by atoms with Crippen molar-refractivity contribution in [2.75, 3.05) is 12.4 Å². The minimum absolute atomic E-state index is 0.0632. The second-order valence-corrected chi connectivity index (χ2v) is 5.87. The Balaban J connectivity index is 2.00. The van der Waals surface area contributed by atoms with Crippen molar-refractivity contribution in [2.24, 2.45) is 7.05 Å². The van der Waals surface area contributed by atoms with Gasteiger partial charge in [-0.3, -0.25) is 9.48 Å². The highest BCUT2D eigenvalue weighted by molar-refractivity contribution is 6.05. The number of aryl methyl sites for hydroxylation is 1. The van der Waals surface area contributed by atoms with Crippen molar-refractivity contribution < 1.29 is 31.5 Å². The fourth-order valence-corrected chi connectivity index (χ4v) is 2.66. The number of hydrogen-bond donors (Lipinski definition) is 1. The molecule has 1 amide bonds. The molecule has 29 heavy (non-hydrogen) atoms. The summed E-state index contributed by atoms with van der Waals surface area (Å²) >= 11 is 0. The van der Waals surface area contributed by atoms with Gasteiger partial charge in [-0.1, -0.05) is 0 Å². The number of carbonyl (C=O) groups is 1. The van der Waals surface area contributed by atoms with Crippen molar-refractivity contribution in [3.63, 3.8) is 0 Å². The lowest BCUT2D eigenvalue weighted by Crippen LogP contribution is -2.19. The average molecular weight is 415 g/mol. The SMILES string of the molecule is COc1ccc(-n2ncc(NC(=O)c3cn(C)nc3C(F)F)c2C(F)(F)F)cc1. The summed E-state index contributed by atoms with van der Waals surface area (Å²) in [5.41, 5.74) is -3.25. The van der Waals surface area contributed by atoms with Crippen LogP contribution in [-0.4, -0.2) is 32.6 Å². The van der Waals surface area contributed by atoms with Crippen LogP contribution < -0.4 is 10.1 Å². The first-order chi connectivity index (χ1) is 13.6. The molecule has 0 saturated heterocycles. The number of rotatable bonds is 5. The highest BCUT2D eigenvalue weighted by Gasteiger charge is 2.39. The van der Waals surface area contributed by atoms with Gasteiger partial charge in [-0.05, 0) is 24.3 Å². The number of nitrogens with one attached hydrogen (secondary N) is 1. The zero-order valence-electron chi connectivity index (χ0n) is 15.0. The van der Waals surface area contributed by atoms with Crippen LogP contribution >= 0.6 is 0 Å². The maximum Gasteiger partial charge on any atom is 0.435 e. The van der Waals surface area contributed by atoms with Crippen LogP contribution in [0.3, 0.4) is 0 Å². The molecule has 0 fully saturated rings. The number of nitrogens with zero attached hydrogens (tertiary/aromatic N) is 4. The maximum absolute atomic E-state index is 13.7. The number of carbonyl (C=O) groups excluding carboxylic acids is 1. The molecule has 1 N–H and O–H groups in total. The normalized spacial score (nSPS) is 11.7. The van der Waals surface area contributed by atoms with E-state index in [9.17, 15) is 26.7 Å². The molecule has 0 saturated carbocycles. The zero-order valence-corrected chi connectivity index (χ0v) is 15.0. The Bertz CT molecular complexity index is 1020. The van der Waals surface area contributed by atoms with E-state index < -0.39 is 41.1 Å². The van der Waals surface area contributed by atoms with E-state index >= 15 is 0 Å². The summed E-state index contributed by atoms with van der Waals surface area (Å²) in [4.78, 5) is 12.3.